The van der Waals surface area contributed by atoms with Crippen LogP contribution < -0.4 is 10.5 Å². The van der Waals surface area contributed by atoms with E-state index in [0.29, 0.717) is 12.6 Å². The first kappa shape index (κ1) is 14.7. The molecule has 2 heterocycles. The van der Waals surface area contributed by atoms with Gasteiger partial charge in [-0.05, 0) is 17.7 Å². The second-order valence-electron chi connectivity index (χ2n) is 5.18. The number of nitrogens with two attached hydrogens (primary N) is 1. The predicted octanol–water partition coefficient (Wildman–Crippen LogP) is 1.44. The summed E-state index contributed by atoms with van der Waals surface area (Å²) in [7, 11) is 0. The highest BCUT2D eigenvalue weighted by Gasteiger charge is 2.10. The van der Waals surface area contributed by atoms with E-state index in [1.54, 1.807) is 12.4 Å². The highest BCUT2D eigenvalue weighted by atomic mass is 16.5. The molecule has 0 saturated carbocycles. The smallest absolute Gasteiger partial charge is 0.316 e. The first-order valence-electron chi connectivity index (χ1n) is 7.42. The molecule has 6 nitrogen and oxygen atoms in total. The van der Waals surface area contributed by atoms with Crippen molar-refractivity contribution in [1.82, 2.24) is 14.9 Å². The Bertz CT molecular complexity index is 580. The van der Waals surface area contributed by atoms with E-state index in [-0.39, 0.29) is 0 Å². The minimum Gasteiger partial charge on any atom is -0.462 e. The molecule has 0 atom stereocenters. The molecule has 0 bridgehead atoms. The van der Waals surface area contributed by atoms with E-state index >= 15 is 0 Å². The van der Waals surface area contributed by atoms with E-state index in [9.17, 15) is 0 Å². The Morgan fingerprint density at radius 3 is 2.41 bits per heavy atom. The van der Waals surface area contributed by atoms with Crippen molar-refractivity contribution in [3.63, 3.8) is 0 Å². The van der Waals surface area contributed by atoms with Gasteiger partial charge in [0.25, 0.3) is 0 Å². The van der Waals surface area contributed by atoms with E-state index in [2.05, 4.69) is 14.9 Å². The average molecular weight is 300 g/mol. The first-order chi connectivity index (χ1) is 10.8. The number of nitrogens with zero attached hydrogens (tertiary/aromatic N) is 3. The molecular formula is C16H20N4O2. The maximum Gasteiger partial charge on any atom is 0.316 e. The van der Waals surface area contributed by atoms with E-state index in [1.165, 1.54) is 0 Å². The molecule has 0 aliphatic carbocycles. The Labute approximate surface area is 129 Å². The Morgan fingerprint density at radius 2 is 1.73 bits per heavy atom. The lowest BCUT2D eigenvalue weighted by Gasteiger charge is -2.26. The number of morpholine rings is 1. The van der Waals surface area contributed by atoms with Crippen LogP contribution in [0.25, 0.3) is 11.1 Å². The van der Waals surface area contributed by atoms with E-state index in [1.807, 2.05) is 24.3 Å². The molecule has 1 aromatic carbocycles. The number of nitrogen functional groups attached to an aromatic ring is 1. The second kappa shape index (κ2) is 7.20. The van der Waals surface area contributed by atoms with Gasteiger partial charge in [0, 0.05) is 43.3 Å². The summed E-state index contributed by atoms with van der Waals surface area (Å²) in [6.45, 7) is 4.97. The lowest BCUT2D eigenvalue weighted by molar-refractivity contribution is 0.0317. The lowest BCUT2D eigenvalue weighted by Crippen LogP contribution is -2.38. The molecule has 0 unspecified atom stereocenters. The van der Waals surface area contributed by atoms with Gasteiger partial charge in [-0.3, -0.25) is 4.90 Å². The number of rotatable bonds is 5. The van der Waals surface area contributed by atoms with E-state index in [4.69, 9.17) is 15.2 Å². The van der Waals surface area contributed by atoms with Crippen molar-refractivity contribution in [2.24, 2.45) is 0 Å². The van der Waals surface area contributed by atoms with Gasteiger partial charge >= 0.3 is 6.01 Å². The largest absolute Gasteiger partial charge is 0.462 e. The monoisotopic (exact) mass is 300 g/mol. The molecule has 1 saturated heterocycles. The molecule has 1 aliphatic heterocycles. The fourth-order valence-electron chi connectivity index (χ4n) is 2.31. The van der Waals surface area contributed by atoms with Crippen molar-refractivity contribution >= 4 is 5.69 Å². The molecule has 1 fully saturated rings. The minimum absolute atomic E-state index is 0.410. The Morgan fingerprint density at radius 1 is 1.05 bits per heavy atom. The molecule has 0 amide bonds. The van der Waals surface area contributed by atoms with Crippen molar-refractivity contribution in [2.75, 3.05) is 45.2 Å². The zero-order valence-electron chi connectivity index (χ0n) is 12.4. The van der Waals surface area contributed by atoms with Crippen molar-refractivity contribution in [3.05, 3.63) is 36.7 Å². The highest BCUT2D eigenvalue weighted by Crippen LogP contribution is 2.19. The quantitative estimate of drug-likeness (QED) is 0.842. The zero-order valence-corrected chi connectivity index (χ0v) is 12.4. The summed E-state index contributed by atoms with van der Waals surface area (Å²) >= 11 is 0. The molecule has 1 aliphatic rings. The topological polar surface area (TPSA) is 73.5 Å². The fourth-order valence-corrected chi connectivity index (χ4v) is 2.31. The summed E-state index contributed by atoms with van der Waals surface area (Å²) in [6, 6.07) is 8.04. The summed E-state index contributed by atoms with van der Waals surface area (Å²) in [6.07, 6.45) is 3.53. The van der Waals surface area contributed by atoms with E-state index in [0.717, 1.165) is 49.7 Å². The van der Waals surface area contributed by atoms with Gasteiger partial charge < -0.3 is 15.2 Å². The van der Waals surface area contributed by atoms with Crippen molar-refractivity contribution in [1.29, 1.82) is 0 Å². The maximum absolute atomic E-state index is 5.68. The summed E-state index contributed by atoms with van der Waals surface area (Å²) in [5.41, 5.74) is 8.41. The van der Waals surface area contributed by atoms with Crippen LogP contribution in [0.1, 0.15) is 0 Å². The molecule has 6 heteroatoms. The Hall–Kier alpha value is -2.18. The maximum atomic E-state index is 5.68. The summed E-state index contributed by atoms with van der Waals surface area (Å²) < 4.78 is 10.9. The fraction of sp³-hybridized carbons (Fsp3) is 0.375. The van der Waals surface area contributed by atoms with Crippen molar-refractivity contribution in [2.45, 2.75) is 0 Å². The van der Waals surface area contributed by atoms with Crippen LogP contribution in [0.4, 0.5) is 5.69 Å². The van der Waals surface area contributed by atoms with Crippen LogP contribution in [0, 0.1) is 0 Å². The molecule has 22 heavy (non-hydrogen) atoms. The van der Waals surface area contributed by atoms with Crippen LogP contribution in [0.3, 0.4) is 0 Å². The van der Waals surface area contributed by atoms with Gasteiger partial charge in [-0.2, -0.15) is 0 Å². The van der Waals surface area contributed by atoms with Gasteiger partial charge in [-0.25, -0.2) is 9.97 Å². The predicted molar refractivity (Wildman–Crippen MR) is 84.6 cm³/mol. The third-order valence-corrected chi connectivity index (χ3v) is 3.61. The van der Waals surface area contributed by atoms with Gasteiger partial charge in [0.1, 0.15) is 6.61 Å². The van der Waals surface area contributed by atoms with Gasteiger partial charge in [0.05, 0.1) is 13.2 Å². The molecular weight excluding hydrogens is 280 g/mol. The first-order valence-corrected chi connectivity index (χ1v) is 7.42. The van der Waals surface area contributed by atoms with Gasteiger partial charge in [0.15, 0.2) is 0 Å². The normalized spacial score (nSPS) is 15.6. The molecule has 2 N–H and O–H groups in total. The number of benzene rings is 1. The summed E-state index contributed by atoms with van der Waals surface area (Å²) in [5.74, 6) is 0. The highest BCUT2D eigenvalue weighted by molar-refractivity contribution is 5.63. The summed E-state index contributed by atoms with van der Waals surface area (Å²) in [5, 5.41) is 0. The van der Waals surface area contributed by atoms with Crippen molar-refractivity contribution < 1.29 is 9.47 Å². The number of aromatic nitrogens is 2. The number of anilines is 1. The van der Waals surface area contributed by atoms with Gasteiger partial charge in [-0.1, -0.05) is 12.1 Å². The van der Waals surface area contributed by atoms with Crippen molar-refractivity contribution in [3.8, 4) is 17.1 Å². The Balaban J connectivity index is 1.51. The lowest BCUT2D eigenvalue weighted by atomic mass is 10.1. The average Bonchev–Trinajstić information content (AvgIpc) is 2.57. The third-order valence-electron chi connectivity index (χ3n) is 3.61. The molecule has 2 aromatic rings. The molecule has 1 aromatic heterocycles. The second-order valence-corrected chi connectivity index (χ2v) is 5.18. The summed E-state index contributed by atoms with van der Waals surface area (Å²) in [4.78, 5) is 10.8. The number of hydrogen-bond donors (Lipinski definition) is 1. The van der Waals surface area contributed by atoms with Gasteiger partial charge in [-0.15, -0.1) is 0 Å². The molecule has 0 spiro atoms. The van der Waals surface area contributed by atoms with Crippen LogP contribution in [-0.4, -0.2) is 54.3 Å². The standard InChI is InChI=1S/C16H20N4O2/c17-15-3-1-13(2-4-15)14-11-18-16(19-12-14)22-10-7-20-5-8-21-9-6-20/h1-4,11-12H,5-10,17H2. The molecule has 116 valence electrons. The zero-order chi connectivity index (χ0) is 15.2. The number of hydrogen-bond acceptors (Lipinski definition) is 6. The minimum atomic E-state index is 0.410. The molecule has 3 rings (SSSR count). The molecule has 0 radical (unpaired) electrons. The van der Waals surface area contributed by atoms with Crippen LogP contribution in [0.15, 0.2) is 36.7 Å². The van der Waals surface area contributed by atoms with Crippen LogP contribution in [-0.2, 0) is 4.74 Å². The SMILES string of the molecule is Nc1ccc(-c2cnc(OCCN3CCOCC3)nc2)cc1. The van der Waals surface area contributed by atoms with Crippen LogP contribution in [0.5, 0.6) is 6.01 Å². The number of ether oxygens (including phenoxy) is 2. The van der Waals surface area contributed by atoms with E-state index < -0.39 is 0 Å². The van der Waals surface area contributed by atoms with Gasteiger partial charge in [0.2, 0.25) is 0 Å². The third kappa shape index (κ3) is 3.93. The van der Waals surface area contributed by atoms with Crippen LogP contribution in [0.2, 0.25) is 0 Å². The Kier molecular flexibility index (Phi) is 4.82. The van der Waals surface area contributed by atoms with Crippen LogP contribution >= 0.6 is 0 Å².